The molecule has 0 spiro atoms. The second-order valence-corrected chi connectivity index (χ2v) is 6.16. The van der Waals surface area contributed by atoms with Gasteiger partial charge in [-0.25, -0.2) is 0 Å². The van der Waals surface area contributed by atoms with Crippen LogP contribution in [0.15, 0.2) is 77.4 Å². The van der Waals surface area contributed by atoms with E-state index in [9.17, 15) is 9.90 Å². The molecule has 5 heteroatoms. The molecule has 120 valence electrons. The second-order valence-electron chi connectivity index (χ2n) is 5.24. The third kappa shape index (κ3) is 3.88. The Morgan fingerprint density at radius 3 is 2.50 bits per heavy atom. The number of hydrogen-bond donors (Lipinski definition) is 2. The standard InChI is InChI=1S/C19H15BrN2O2/c20-15-5-3-4-14(12-15)19(24)22-16-9-7-13(8-10-16)18(23)17-6-1-2-11-21-17/h1-12,18,23H,(H,22,24)/t18-/m1/s1. The summed E-state index contributed by atoms with van der Waals surface area (Å²) in [5.74, 6) is -0.186. The van der Waals surface area contributed by atoms with Gasteiger partial charge in [-0.2, -0.15) is 0 Å². The number of rotatable bonds is 4. The number of anilines is 1. The van der Waals surface area contributed by atoms with Gasteiger partial charge in [-0.3, -0.25) is 9.78 Å². The summed E-state index contributed by atoms with van der Waals surface area (Å²) in [5, 5.41) is 13.2. The predicted molar refractivity (Wildman–Crippen MR) is 96.8 cm³/mol. The minimum atomic E-state index is -0.791. The lowest BCUT2D eigenvalue weighted by atomic mass is 10.1. The number of pyridine rings is 1. The first-order valence-electron chi connectivity index (χ1n) is 7.39. The Morgan fingerprint density at radius 1 is 1.04 bits per heavy atom. The quantitative estimate of drug-likeness (QED) is 0.711. The largest absolute Gasteiger partial charge is 0.382 e. The van der Waals surface area contributed by atoms with Crippen LogP contribution in [-0.2, 0) is 0 Å². The highest BCUT2D eigenvalue weighted by Crippen LogP contribution is 2.22. The van der Waals surface area contributed by atoms with Gasteiger partial charge >= 0.3 is 0 Å². The Balaban J connectivity index is 1.72. The number of aliphatic hydroxyl groups excluding tert-OH is 1. The zero-order valence-corrected chi connectivity index (χ0v) is 14.3. The van der Waals surface area contributed by atoms with Crippen LogP contribution in [0.3, 0.4) is 0 Å². The number of amides is 1. The van der Waals surface area contributed by atoms with E-state index >= 15 is 0 Å². The Kier molecular flexibility index (Phi) is 5.03. The molecule has 2 N–H and O–H groups in total. The summed E-state index contributed by atoms with van der Waals surface area (Å²) in [6.45, 7) is 0. The molecule has 0 aliphatic carbocycles. The topological polar surface area (TPSA) is 62.2 Å². The maximum atomic E-state index is 12.2. The lowest BCUT2D eigenvalue weighted by molar-refractivity contribution is 0.102. The van der Waals surface area contributed by atoms with Crippen molar-refractivity contribution in [2.75, 3.05) is 5.32 Å². The van der Waals surface area contributed by atoms with Crippen LogP contribution < -0.4 is 5.32 Å². The Bertz CT molecular complexity index is 836. The van der Waals surface area contributed by atoms with E-state index in [0.717, 1.165) is 4.47 Å². The summed E-state index contributed by atoms with van der Waals surface area (Å²) >= 11 is 3.35. The van der Waals surface area contributed by atoms with Gasteiger partial charge in [0.15, 0.2) is 0 Å². The van der Waals surface area contributed by atoms with Crippen molar-refractivity contribution in [2.45, 2.75) is 6.10 Å². The van der Waals surface area contributed by atoms with E-state index in [4.69, 9.17) is 0 Å². The van der Waals surface area contributed by atoms with Gasteiger partial charge in [0.05, 0.1) is 5.69 Å². The number of nitrogens with one attached hydrogen (secondary N) is 1. The summed E-state index contributed by atoms with van der Waals surface area (Å²) in [6, 6.07) is 19.7. The lowest BCUT2D eigenvalue weighted by Gasteiger charge is -2.11. The van der Waals surface area contributed by atoms with Crippen LogP contribution in [0.2, 0.25) is 0 Å². The normalized spacial score (nSPS) is 11.8. The first-order chi connectivity index (χ1) is 11.6. The minimum absolute atomic E-state index is 0.186. The number of hydrogen-bond acceptors (Lipinski definition) is 3. The zero-order valence-electron chi connectivity index (χ0n) is 12.7. The highest BCUT2D eigenvalue weighted by atomic mass is 79.9. The molecule has 0 aliphatic rings. The van der Waals surface area contributed by atoms with Crippen LogP contribution in [0.1, 0.15) is 27.7 Å². The van der Waals surface area contributed by atoms with Crippen molar-refractivity contribution >= 4 is 27.5 Å². The fourth-order valence-corrected chi connectivity index (χ4v) is 2.69. The maximum absolute atomic E-state index is 12.2. The number of nitrogens with zero attached hydrogens (tertiary/aromatic N) is 1. The molecule has 0 radical (unpaired) electrons. The molecule has 0 aliphatic heterocycles. The number of aromatic nitrogens is 1. The van der Waals surface area contributed by atoms with E-state index in [0.29, 0.717) is 22.5 Å². The molecule has 0 fully saturated rings. The van der Waals surface area contributed by atoms with E-state index in [1.54, 1.807) is 54.7 Å². The van der Waals surface area contributed by atoms with Crippen molar-refractivity contribution in [3.8, 4) is 0 Å². The van der Waals surface area contributed by atoms with Crippen LogP contribution in [0.25, 0.3) is 0 Å². The molecule has 2 aromatic carbocycles. The zero-order chi connectivity index (χ0) is 16.9. The van der Waals surface area contributed by atoms with Crippen LogP contribution in [0.4, 0.5) is 5.69 Å². The molecule has 4 nitrogen and oxygen atoms in total. The van der Waals surface area contributed by atoms with Gasteiger partial charge in [0.1, 0.15) is 6.10 Å². The highest BCUT2D eigenvalue weighted by Gasteiger charge is 2.12. The monoisotopic (exact) mass is 382 g/mol. The molecule has 1 heterocycles. The summed E-state index contributed by atoms with van der Waals surface area (Å²) in [4.78, 5) is 16.4. The molecular formula is C19H15BrN2O2. The van der Waals surface area contributed by atoms with Gasteiger partial charge in [-0.1, -0.05) is 40.2 Å². The van der Waals surface area contributed by atoms with Gasteiger partial charge in [0.25, 0.3) is 5.91 Å². The third-order valence-electron chi connectivity index (χ3n) is 3.54. The summed E-state index contributed by atoms with van der Waals surface area (Å²) in [7, 11) is 0. The van der Waals surface area contributed by atoms with Crippen LogP contribution in [0.5, 0.6) is 0 Å². The van der Waals surface area contributed by atoms with Crippen molar-refractivity contribution in [3.05, 3.63) is 94.2 Å². The number of benzene rings is 2. The van der Waals surface area contributed by atoms with Gasteiger partial charge in [-0.05, 0) is 48.0 Å². The number of aliphatic hydroxyl groups is 1. The van der Waals surface area contributed by atoms with E-state index in [-0.39, 0.29) is 5.91 Å². The second kappa shape index (κ2) is 7.38. The van der Waals surface area contributed by atoms with Gasteiger partial charge in [-0.15, -0.1) is 0 Å². The van der Waals surface area contributed by atoms with Crippen LogP contribution in [-0.4, -0.2) is 16.0 Å². The Labute approximate surface area is 148 Å². The fourth-order valence-electron chi connectivity index (χ4n) is 2.29. The van der Waals surface area contributed by atoms with Crippen molar-refractivity contribution in [3.63, 3.8) is 0 Å². The number of carbonyl (C=O) groups excluding carboxylic acids is 1. The van der Waals surface area contributed by atoms with E-state index < -0.39 is 6.10 Å². The molecule has 3 rings (SSSR count). The van der Waals surface area contributed by atoms with Crippen molar-refractivity contribution in [1.29, 1.82) is 0 Å². The van der Waals surface area contributed by atoms with Crippen molar-refractivity contribution < 1.29 is 9.90 Å². The number of halogens is 1. The molecule has 3 aromatic rings. The molecule has 0 unspecified atom stereocenters. The first-order valence-corrected chi connectivity index (χ1v) is 8.18. The summed E-state index contributed by atoms with van der Waals surface area (Å²) in [5.41, 5.74) is 2.54. The SMILES string of the molecule is O=C(Nc1ccc([C@@H](O)c2ccccn2)cc1)c1cccc(Br)c1. The molecular weight excluding hydrogens is 368 g/mol. The smallest absolute Gasteiger partial charge is 0.255 e. The molecule has 1 atom stereocenters. The van der Waals surface area contributed by atoms with E-state index in [1.165, 1.54) is 0 Å². The predicted octanol–water partition coefficient (Wildman–Crippen LogP) is 4.18. The molecule has 24 heavy (non-hydrogen) atoms. The molecule has 0 saturated carbocycles. The van der Waals surface area contributed by atoms with Gasteiger partial charge < -0.3 is 10.4 Å². The van der Waals surface area contributed by atoms with Gasteiger partial charge in [0, 0.05) is 21.9 Å². The number of carbonyl (C=O) groups is 1. The molecule has 0 saturated heterocycles. The highest BCUT2D eigenvalue weighted by molar-refractivity contribution is 9.10. The average Bonchev–Trinajstić information content (AvgIpc) is 2.62. The lowest BCUT2D eigenvalue weighted by Crippen LogP contribution is -2.12. The van der Waals surface area contributed by atoms with E-state index in [1.807, 2.05) is 18.2 Å². The summed E-state index contributed by atoms with van der Waals surface area (Å²) in [6.07, 6.45) is 0.853. The maximum Gasteiger partial charge on any atom is 0.255 e. The average molecular weight is 383 g/mol. The Morgan fingerprint density at radius 2 is 1.83 bits per heavy atom. The molecule has 1 amide bonds. The van der Waals surface area contributed by atoms with Crippen molar-refractivity contribution in [1.82, 2.24) is 4.98 Å². The molecule has 1 aromatic heterocycles. The van der Waals surface area contributed by atoms with E-state index in [2.05, 4.69) is 26.2 Å². The summed E-state index contributed by atoms with van der Waals surface area (Å²) < 4.78 is 0.851. The minimum Gasteiger partial charge on any atom is -0.382 e. The van der Waals surface area contributed by atoms with Crippen LogP contribution in [0, 0.1) is 0 Å². The van der Waals surface area contributed by atoms with Crippen LogP contribution >= 0.6 is 15.9 Å². The Hall–Kier alpha value is -2.50. The van der Waals surface area contributed by atoms with Gasteiger partial charge in [0.2, 0.25) is 0 Å². The molecule has 0 bridgehead atoms. The third-order valence-corrected chi connectivity index (χ3v) is 4.03. The first kappa shape index (κ1) is 16.4. The van der Waals surface area contributed by atoms with Crippen molar-refractivity contribution in [2.24, 2.45) is 0 Å². The fraction of sp³-hybridized carbons (Fsp3) is 0.0526.